The van der Waals surface area contributed by atoms with Gasteiger partial charge in [-0.15, -0.1) is 0 Å². The summed E-state index contributed by atoms with van der Waals surface area (Å²) < 4.78 is 19.8. The Labute approximate surface area is 244 Å². The van der Waals surface area contributed by atoms with Gasteiger partial charge in [-0.05, 0) is 25.5 Å². The van der Waals surface area contributed by atoms with Crippen molar-refractivity contribution in [3.63, 3.8) is 0 Å². The summed E-state index contributed by atoms with van der Waals surface area (Å²) in [6, 6.07) is 12.5. The highest BCUT2D eigenvalue weighted by Crippen LogP contribution is 2.29. The van der Waals surface area contributed by atoms with E-state index in [0.717, 1.165) is 25.8 Å². The van der Waals surface area contributed by atoms with Gasteiger partial charge in [-0.25, -0.2) is 0 Å². The van der Waals surface area contributed by atoms with Crippen molar-refractivity contribution in [1.82, 2.24) is 0 Å². The molecule has 0 amide bonds. The van der Waals surface area contributed by atoms with Crippen molar-refractivity contribution >= 4 is 16.9 Å². The smallest absolute Gasteiger partial charge is 0.306 e. The Hall–Kier alpha value is -1.98. The molecule has 40 heavy (non-hydrogen) atoms. The number of aromatic nitrogens is 1. The molecule has 1 saturated heterocycles. The van der Waals surface area contributed by atoms with Crippen LogP contribution in [0.5, 0.6) is 0 Å². The molecular formula is C35H56NO4+. The fourth-order valence-electron chi connectivity index (χ4n) is 5.79. The van der Waals surface area contributed by atoms with Gasteiger partial charge in [0.15, 0.2) is 12.0 Å². The van der Waals surface area contributed by atoms with E-state index < -0.39 is 5.79 Å². The van der Waals surface area contributed by atoms with Crippen LogP contribution in [0.25, 0.3) is 10.9 Å². The van der Waals surface area contributed by atoms with Crippen LogP contribution in [0.2, 0.25) is 0 Å². The molecule has 3 rings (SSSR count). The number of fused-ring (bicyclic) bond motifs is 1. The van der Waals surface area contributed by atoms with E-state index in [-0.39, 0.29) is 18.7 Å². The van der Waals surface area contributed by atoms with Gasteiger partial charge >= 0.3 is 5.97 Å². The summed E-state index contributed by atoms with van der Waals surface area (Å²) in [5.74, 6) is -0.709. The van der Waals surface area contributed by atoms with Crippen LogP contribution in [0.1, 0.15) is 129 Å². The topological polar surface area (TPSA) is 48.6 Å². The summed E-state index contributed by atoms with van der Waals surface area (Å²) in [5.41, 5.74) is 1.18. The van der Waals surface area contributed by atoms with Crippen LogP contribution in [0, 0.1) is 0 Å². The third-order valence-corrected chi connectivity index (χ3v) is 8.22. The van der Waals surface area contributed by atoms with Crippen LogP contribution < -0.4 is 4.57 Å². The van der Waals surface area contributed by atoms with Gasteiger partial charge in [-0.1, -0.05) is 109 Å². The molecule has 2 heterocycles. The molecule has 1 aromatic heterocycles. The zero-order valence-corrected chi connectivity index (χ0v) is 25.5. The lowest BCUT2D eigenvalue weighted by atomic mass is 10.0. The Kier molecular flexibility index (Phi) is 15.6. The number of carbonyl (C=O) groups is 1. The number of nitrogens with zero attached hydrogens (tertiary/aromatic N) is 1. The molecule has 0 bridgehead atoms. The molecule has 5 nitrogen and oxygen atoms in total. The molecule has 0 N–H and O–H groups in total. The van der Waals surface area contributed by atoms with Crippen molar-refractivity contribution in [2.24, 2.45) is 0 Å². The van der Waals surface area contributed by atoms with Crippen LogP contribution in [-0.4, -0.2) is 31.1 Å². The zero-order chi connectivity index (χ0) is 28.3. The summed E-state index contributed by atoms with van der Waals surface area (Å²) in [5, 5.41) is 1.21. The maximum Gasteiger partial charge on any atom is 0.306 e. The van der Waals surface area contributed by atoms with Crippen LogP contribution in [0.4, 0.5) is 0 Å². The molecule has 2 atom stereocenters. The number of pyridine rings is 1. The molecule has 0 radical (unpaired) electrons. The maximum atomic E-state index is 12.3. The van der Waals surface area contributed by atoms with Gasteiger partial charge in [-0.3, -0.25) is 4.79 Å². The standard InChI is InChI=1S/C35H56NO4/c1-3-4-5-6-7-8-9-10-11-12-13-14-15-16-19-26-35(2)39-30-32(40-35)29-38-34(37)25-21-28-36-27-20-23-31-22-17-18-24-33(31)36/h17-18,20,22-24,27,32H,3-16,19,21,25-26,28-30H2,1-2H3/q+1. The first-order valence-electron chi connectivity index (χ1n) is 16.4. The Morgan fingerprint density at radius 2 is 1.45 bits per heavy atom. The van der Waals surface area contributed by atoms with Crippen LogP contribution >= 0.6 is 0 Å². The Bertz CT molecular complexity index is 958. The van der Waals surface area contributed by atoms with E-state index in [1.54, 1.807) is 0 Å². The first-order chi connectivity index (χ1) is 19.6. The molecule has 2 unspecified atom stereocenters. The molecule has 1 aliphatic heterocycles. The van der Waals surface area contributed by atoms with Gasteiger partial charge in [0, 0.05) is 30.4 Å². The second-order valence-electron chi connectivity index (χ2n) is 11.9. The number of esters is 1. The van der Waals surface area contributed by atoms with E-state index in [9.17, 15) is 4.79 Å². The Balaban J connectivity index is 1.14. The van der Waals surface area contributed by atoms with E-state index in [1.807, 2.05) is 19.1 Å². The Morgan fingerprint density at radius 3 is 2.12 bits per heavy atom. The van der Waals surface area contributed by atoms with E-state index >= 15 is 0 Å². The largest absolute Gasteiger partial charge is 0.463 e. The molecule has 224 valence electrons. The van der Waals surface area contributed by atoms with Crippen LogP contribution in [0.15, 0.2) is 42.6 Å². The minimum absolute atomic E-state index is 0.166. The molecule has 1 aromatic carbocycles. The first kappa shape index (κ1) is 32.5. The number of aryl methyl sites for hydroxylation is 1. The molecular weight excluding hydrogens is 498 g/mol. The summed E-state index contributed by atoms with van der Waals surface area (Å²) in [6.07, 6.45) is 24.4. The van der Waals surface area contributed by atoms with E-state index in [0.29, 0.717) is 13.0 Å². The molecule has 0 aliphatic carbocycles. The van der Waals surface area contributed by atoms with Crippen molar-refractivity contribution in [3.8, 4) is 0 Å². The molecule has 2 aromatic rings. The Morgan fingerprint density at radius 1 is 0.850 bits per heavy atom. The first-order valence-corrected chi connectivity index (χ1v) is 16.4. The minimum atomic E-state index is -0.543. The van der Waals surface area contributed by atoms with Gasteiger partial charge in [0.05, 0.1) is 13.0 Å². The van der Waals surface area contributed by atoms with Gasteiger partial charge < -0.3 is 14.2 Å². The lowest BCUT2D eigenvalue weighted by Gasteiger charge is -2.23. The van der Waals surface area contributed by atoms with Crippen LogP contribution in [-0.2, 0) is 25.5 Å². The highest BCUT2D eigenvalue weighted by atomic mass is 16.7. The second-order valence-corrected chi connectivity index (χ2v) is 11.9. The van der Waals surface area contributed by atoms with Crippen molar-refractivity contribution in [2.45, 2.75) is 148 Å². The summed E-state index contributed by atoms with van der Waals surface area (Å²) in [4.78, 5) is 12.3. The van der Waals surface area contributed by atoms with E-state index in [1.165, 1.54) is 101 Å². The second kappa shape index (κ2) is 19.2. The third kappa shape index (κ3) is 12.7. The number of unbranched alkanes of at least 4 members (excludes halogenated alkanes) is 14. The molecule has 5 heteroatoms. The highest BCUT2D eigenvalue weighted by molar-refractivity contribution is 5.75. The molecule has 1 fully saturated rings. The average molecular weight is 555 g/mol. The third-order valence-electron chi connectivity index (χ3n) is 8.22. The summed E-state index contributed by atoms with van der Waals surface area (Å²) in [7, 11) is 0. The zero-order valence-electron chi connectivity index (χ0n) is 25.5. The number of para-hydroxylation sites is 1. The van der Waals surface area contributed by atoms with Gasteiger partial charge in [0.1, 0.15) is 19.3 Å². The SMILES string of the molecule is CCCCCCCCCCCCCCCCCC1(C)OCC(COC(=O)CCC[n+]2cccc3ccccc32)O1. The lowest BCUT2D eigenvalue weighted by molar-refractivity contribution is -0.671. The fraction of sp³-hybridized carbons (Fsp3) is 0.714. The number of hydrogen-bond acceptors (Lipinski definition) is 4. The predicted molar refractivity (Wildman–Crippen MR) is 163 cm³/mol. The van der Waals surface area contributed by atoms with Gasteiger partial charge in [-0.2, -0.15) is 4.57 Å². The normalized spacial score (nSPS) is 18.9. The fourth-order valence-corrected chi connectivity index (χ4v) is 5.79. The van der Waals surface area contributed by atoms with Crippen LogP contribution in [0.3, 0.4) is 0 Å². The monoisotopic (exact) mass is 554 g/mol. The number of ether oxygens (including phenoxy) is 3. The summed E-state index contributed by atoms with van der Waals surface area (Å²) in [6.45, 7) is 5.87. The number of hydrogen-bond donors (Lipinski definition) is 0. The number of rotatable bonds is 22. The highest BCUT2D eigenvalue weighted by Gasteiger charge is 2.37. The quantitative estimate of drug-likeness (QED) is 0.0829. The molecule has 0 saturated carbocycles. The number of carbonyl (C=O) groups excluding carboxylic acids is 1. The minimum Gasteiger partial charge on any atom is -0.463 e. The van der Waals surface area contributed by atoms with E-state index in [4.69, 9.17) is 14.2 Å². The van der Waals surface area contributed by atoms with Crippen molar-refractivity contribution < 1.29 is 23.6 Å². The van der Waals surface area contributed by atoms with Gasteiger partial charge in [0.25, 0.3) is 0 Å². The van der Waals surface area contributed by atoms with Crippen molar-refractivity contribution in [2.75, 3.05) is 13.2 Å². The molecule has 0 spiro atoms. The molecule has 1 aliphatic rings. The van der Waals surface area contributed by atoms with Crippen molar-refractivity contribution in [3.05, 3.63) is 42.6 Å². The van der Waals surface area contributed by atoms with E-state index in [2.05, 4.69) is 42.0 Å². The summed E-state index contributed by atoms with van der Waals surface area (Å²) >= 11 is 0. The average Bonchev–Trinajstić information content (AvgIpc) is 3.35. The van der Waals surface area contributed by atoms with Crippen molar-refractivity contribution in [1.29, 1.82) is 0 Å². The van der Waals surface area contributed by atoms with Gasteiger partial charge in [0.2, 0.25) is 5.52 Å². The predicted octanol–water partition coefficient (Wildman–Crippen LogP) is 8.84. The maximum absolute atomic E-state index is 12.3. The lowest BCUT2D eigenvalue weighted by Crippen LogP contribution is -2.34. The number of benzene rings is 1.